The lowest BCUT2D eigenvalue weighted by molar-refractivity contribution is -0.138. The fourth-order valence-electron chi connectivity index (χ4n) is 9.23. The molecule has 1 aromatic carbocycles. The smallest absolute Gasteiger partial charge is 0.234 e. The maximum Gasteiger partial charge on any atom is 0.234 e. The number of nitrogens with one attached hydrogen (secondary N) is 3. The molecule has 8 rings (SSSR count). The first-order chi connectivity index (χ1) is 30.0. The Hall–Kier alpha value is -5.07. The monoisotopic (exact) mass is 886 g/mol. The molecule has 0 unspecified atom stereocenters. The van der Waals surface area contributed by atoms with Crippen molar-refractivity contribution in [2.45, 2.75) is 76.5 Å². The lowest BCUT2D eigenvalue weighted by Crippen LogP contribution is -2.46. The first kappa shape index (κ1) is 43.6. The van der Waals surface area contributed by atoms with Crippen LogP contribution in [0.1, 0.15) is 87.1 Å². The van der Waals surface area contributed by atoms with E-state index < -0.39 is 15.8 Å². The van der Waals surface area contributed by atoms with E-state index in [1.165, 1.54) is 17.4 Å². The van der Waals surface area contributed by atoms with Gasteiger partial charge in [0.05, 0.1) is 38.6 Å². The Morgan fingerprint density at radius 2 is 1.71 bits per heavy atom. The maximum absolute atomic E-state index is 16.2. The number of carbonyl (C=O) groups excluding carboxylic acids is 3. The van der Waals surface area contributed by atoms with Gasteiger partial charge in [-0.15, -0.1) is 11.3 Å². The van der Waals surface area contributed by atoms with Gasteiger partial charge in [0.25, 0.3) is 0 Å². The van der Waals surface area contributed by atoms with Crippen molar-refractivity contribution in [3.63, 3.8) is 0 Å². The van der Waals surface area contributed by atoms with Crippen molar-refractivity contribution in [3.8, 4) is 21.8 Å². The second kappa shape index (κ2) is 19.1. The number of hydrogen-bond acceptors (Lipinski definition) is 13. The molecule has 4 fully saturated rings. The third-order valence-electron chi connectivity index (χ3n) is 12.7. The lowest BCUT2D eigenvalue weighted by Gasteiger charge is -2.39. The highest BCUT2D eigenvalue weighted by atomic mass is 32.2. The normalized spacial score (nSPS) is 20.0. The Kier molecular flexibility index (Phi) is 13.4. The molecular formula is C44H55FN10O5S2. The number of pyridine rings is 1. The second-order valence-corrected chi connectivity index (χ2v) is 19.8. The van der Waals surface area contributed by atoms with E-state index >= 15 is 4.39 Å². The van der Waals surface area contributed by atoms with Crippen LogP contribution < -0.4 is 20.3 Å². The molecule has 0 bridgehead atoms. The van der Waals surface area contributed by atoms with Crippen LogP contribution in [0, 0.1) is 17.7 Å². The van der Waals surface area contributed by atoms with Crippen LogP contribution in [0.5, 0.6) is 0 Å². The van der Waals surface area contributed by atoms with Crippen molar-refractivity contribution in [1.82, 2.24) is 35.1 Å². The summed E-state index contributed by atoms with van der Waals surface area (Å²) in [5.41, 5.74) is 1.88. The van der Waals surface area contributed by atoms with Crippen molar-refractivity contribution >= 4 is 56.5 Å². The van der Waals surface area contributed by atoms with Crippen molar-refractivity contribution in [3.05, 3.63) is 65.2 Å². The molecule has 4 aliphatic heterocycles. The minimum atomic E-state index is -3.72. The van der Waals surface area contributed by atoms with Gasteiger partial charge in [0, 0.05) is 76.0 Å². The number of hydrogen-bond donors (Lipinski definition) is 3. The summed E-state index contributed by atoms with van der Waals surface area (Å²) in [6.45, 7) is 7.72. The molecule has 3 aromatic heterocycles. The Bertz CT molecular complexity index is 2360. The van der Waals surface area contributed by atoms with E-state index in [1.54, 1.807) is 44.6 Å². The summed E-state index contributed by atoms with van der Waals surface area (Å²) < 4.78 is 43.7. The average molecular weight is 887 g/mol. The number of piperidine rings is 4. The van der Waals surface area contributed by atoms with Crippen molar-refractivity contribution in [1.29, 1.82) is 0 Å². The maximum atomic E-state index is 16.2. The lowest BCUT2D eigenvalue weighted by atomic mass is 9.90. The van der Waals surface area contributed by atoms with E-state index in [0.29, 0.717) is 60.5 Å². The number of carbonyl (C=O) groups is 3. The summed E-state index contributed by atoms with van der Waals surface area (Å²) in [7, 11) is -2.00. The molecule has 4 aromatic rings. The van der Waals surface area contributed by atoms with Crippen LogP contribution >= 0.6 is 11.3 Å². The zero-order chi connectivity index (χ0) is 43.4. The van der Waals surface area contributed by atoms with Gasteiger partial charge < -0.3 is 20.0 Å². The van der Waals surface area contributed by atoms with Crippen molar-refractivity contribution < 1.29 is 27.2 Å². The number of thiazole rings is 1. The van der Waals surface area contributed by atoms with Gasteiger partial charge in [-0.25, -0.2) is 32.7 Å². The number of aromatic nitrogens is 4. The zero-order valence-corrected chi connectivity index (χ0v) is 36.9. The van der Waals surface area contributed by atoms with Gasteiger partial charge in [0.2, 0.25) is 33.7 Å². The van der Waals surface area contributed by atoms with Gasteiger partial charge in [-0.3, -0.25) is 24.4 Å². The summed E-state index contributed by atoms with van der Waals surface area (Å²) >= 11 is 1.46. The van der Waals surface area contributed by atoms with Crippen LogP contribution in [0.2, 0.25) is 0 Å². The van der Waals surface area contributed by atoms with Gasteiger partial charge in [-0.1, -0.05) is 19.1 Å². The molecule has 4 saturated heterocycles. The van der Waals surface area contributed by atoms with E-state index in [-0.39, 0.29) is 52.5 Å². The number of rotatable bonds is 13. The molecule has 0 spiro atoms. The van der Waals surface area contributed by atoms with Gasteiger partial charge in [0.15, 0.2) is 5.82 Å². The molecule has 7 heterocycles. The quantitative estimate of drug-likeness (QED) is 0.137. The topological polar surface area (TPSA) is 183 Å². The standard InChI is InChI=1S/C44H55FN10O5S2/c1-3-25-62(59,60)52-34-6-4-5-33(38(34)45)39-40(35-11-18-47-44(46-2)49-35)61-42(51-39)29-16-23-55(24-17-29)43(58)30-14-19-53(20-15-30)27-28-12-21-54(22-13-28)36-9-7-31(26-48-36)32-8-10-37(56)50-41(32)57/h4-7,9,11,18,26,28-30,32,52H,3,8,10,12-17,19-25,27H2,1-2H3,(H,46,47,49)(H,50,56,57)/t32-/m0/s1. The summed E-state index contributed by atoms with van der Waals surface area (Å²) in [6, 6.07) is 10.4. The minimum absolute atomic E-state index is 0.0149. The Balaban J connectivity index is 0.838. The van der Waals surface area contributed by atoms with Gasteiger partial charge in [-0.2, -0.15) is 0 Å². The first-order valence-corrected chi connectivity index (χ1v) is 24.3. The van der Waals surface area contributed by atoms with E-state index in [4.69, 9.17) is 4.98 Å². The SMILES string of the molecule is CCCS(=O)(=O)Nc1cccc(-c2nc(C3CCN(C(=O)C4CCN(CC5CCN(c6ccc([C@@H]7CCC(=O)NC7=O)cn6)CC5)CC4)CC3)sc2-c2ccnc(NC)n2)c1F. The van der Waals surface area contributed by atoms with Crippen LogP contribution in [0.3, 0.4) is 0 Å². The molecule has 0 radical (unpaired) electrons. The van der Waals surface area contributed by atoms with Crippen LogP contribution in [0.25, 0.3) is 21.8 Å². The Morgan fingerprint density at radius 1 is 0.935 bits per heavy atom. The summed E-state index contributed by atoms with van der Waals surface area (Å²) in [5.74, 6) is 0.631. The highest BCUT2D eigenvalue weighted by Gasteiger charge is 2.34. The molecule has 15 nitrogen and oxygen atoms in total. The van der Waals surface area contributed by atoms with Crippen LogP contribution in [-0.4, -0.2) is 114 Å². The third kappa shape index (κ3) is 9.92. The molecule has 0 aliphatic carbocycles. The molecule has 1 atom stereocenters. The summed E-state index contributed by atoms with van der Waals surface area (Å²) in [5, 5.41) is 6.22. The zero-order valence-electron chi connectivity index (χ0n) is 35.3. The predicted molar refractivity (Wildman–Crippen MR) is 238 cm³/mol. The molecule has 330 valence electrons. The number of benzene rings is 1. The average Bonchev–Trinajstić information content (AvgIpc) is 3.73. The van der Waals surface area contributed by atoms with Gasteiger partial charge in [0.1, 0.15) is 5.82 Å². The number of imide groups is 1. The third-order valence-corrected chi connectivity index (χ3v) is 15.4. The number of halogens is 1. The fraction of sp³-hybridized carbons (Fsp3) is 0.523. The summed E-state index contributed by atoms with van der Waals surface area (Å²) in [6.07, 6.45) is 10.0. The number of amides is 3. The highest BCUT2D eigenvalue weighted by Crippen LogP contribution is 2.43. The Morgan fingerprint density at radius 3 is 2.40 bits per heavy atom. The largest absolute Gasteiger partial charge is 0.357 e. The molecule has 62 heavy (non-hydrogen) atoms. The van der Waals surface area contributed by atoms with Crippen LogP contribution in [0.4, 0.5) is 21.8 Å². The van der Waals surface area contributed by atoms with E-state index in [9.17, 15) is 22.8 Å². The van der Waals surface area contributed by atoms with Crippen LogP contribution in [0.15, 0.2) is 48.8 Å². The van der Waals surface area contributed by atoms with Crippen LogP contribution in [-0.2, 0) is 24.4 Å². The fourth-order valence-corrected chi connectivity index (χ4v) is 11.6. The number of likely N-dealkylation sites (tertiary alicyclic amines) is 2. The molecule has 18 heteroatoms. The van der Waals surface area contributed by atoms with E-state index in [2.05, 4.69) is 40.1 Å². The summed E-state index contributed by atoms with van der Waals surface area (Å²) in [4.78, 5) is 63.8. The van der Waals surface area contributed by atoms with E-state index in [1.807, 2.05) is 17.0 Å². The first-order valence-electron chi connectivity index (χ1n) is 21.9. The van der Waals surface area contributed by atoms with Gasteiger partial charge >= 0.3 is 0 Å². The van der Waals surface area contributed by atoms with E-state index in [0.717, 1.165) is 87.6 Å². The molecule has 3 N–H and O–H groups in total. The van der Waals surface area contributed by atoms with Gasteiger partial charge in [-0.05, 0) is 100 Å². The molecule has 3 amide bonds. The number of anilines is 3. The number of sulfonamides is 1. The molecular weight excluding hydrogens is 832 g/mol. The minimum Gasteiger partial charge on any atom is -0.357 e. The predicted octanol–water partition coefficient (Wildman–Crippen LogP) is 5.85. The van der Waals surface area contributed by atoms with Crippen molar-refractivity contribution in [2.75, 3.05) is 73.6 Å². The van der Waals surface area contributed by atoms with Crippen molar-refractivity contribution in [2.24, 2.45) is 11.8 Å². The second-order valence-electron chi connectivity index (χ2n) is 16.9. The molecule has 0 saturated carbocycles. The highest BCUT2D eigenvalue weighted by molar-refractivity contribution is 7.92. The molecule has 4 aliphatic rings. The number of nitrogens with zero attached hydrogens (tertiary/aromatic N) is 7. The Labute approximate surface area is 366 Å².